The summed E-state index contributed by atoms with van der Waals surface area (Å²) < 4.78 is 0. The van der Waals surface area contributed by atoms with Crippen LogP contribution >= 0.6 is 11.6 Å². The molecular formula is C9H12ClNO2. The Morgan fingerprint density at radius 1 is 1.38 bits per heavy atom. The molecule has 0 amide bonds. The van der Waals surface area contributed by atoms with Gasteiger partial charge in [-0.2, -0.15) is 0 Å². The van der Waals surface area contributed by atoms with Crippen molar-refractivity contribution in [1.29, 1.82) is 0 Å². The summed E-state index contributed by atoms with van der Waals surface area (Å²) in [5, 5.41) is 9.51. The number of nitrogens with two attached hydrogens (primary N) is 1. The van der Waals surface area contributed by atoms with Gasteiger partial charge in [0.2, 0.25) is 0 Å². The van der Waals surface area contributed by atoms with Crippen molar-refractivity contribution < 1.29 is 9.90 Å². The normalized spacial score (nSPS) is 11.3. The first kappa shape index (κ1) is 12.1. The fourth-order valence-corrected chi connectivity index (χ4v) is 0.988. The molecule has 0 aliphatic carbocycles. The number of carbonyl (C=O) groups excluding carboxylic acids is 1. The van der Waals surface area contributed by atoms with E-state index in [-0.39, 0.29) is 0 Å². The van der Waals surface area contributed by atoms with E-state index in [0.29, 0.717) is 11.4 Å². The van der Waals surface area contributed by atoms with Gasteiger partial charge in [0, 0.05) is 11.4 Å². The molecule has 1 aromatic rings. The largest absolute Gasteiger partial charge is 0.378 e. The minimum Gasteiger partial charge on any atom is -0.378 e. The first-order chi connectivity index (χ1) is 6.18. The smallest absolute Gasteiger partial charge is 0.106 e. The summed E-state index contributed by atoms with van der Waals surface area (Å²) in [6, 6.07) is 7.25. The monoisotopic (exact) mass is 201 g/mol. The first-order valence-corrected chi connectivity index (χ1v) is 4.03. The molecule has 3 N–H and O–H groups in total. The lowest BCUT2D eigenvalue weighted by molar-refractivity contribution is -0.0979. The van der Waals surface area contributed by atoms with Crippen molar-refractivity contribution in [1.82, 2.24) is 0 Å². The van der Waals surface area contributed by atoms with E-state index in [2.05, 4.69) is 0 Å². The Bertz CT molecular complexity index is 236. The molecule has 0 saturated carbocycles. The van der Waals surface area contributed by atoms with Crippen molar-refractivity contribution in [3.8, 4) is 0 Å². The standard InChI is InChI=1S/C8H10ClNO.CH2O/c9-7-3-1-6(2-4-7)5-8(10)11;1-2/h1-4,8,11H,5,10H2;1H2. The van der Waals surface area contributed by atoms with Gasteiger partial charge >= 0.3 is 0 Å². The molecular weight excluding hydrogens is 190 g/mol. The predicted octanol–water partition coefficient (Wildman–Crippen LogP) is 0.975. The number of benzene rings is 1. The summed E-state index contributed by atoms with van der Waals surface area (Å²) in [4.78, 5) is 8.00. The Balaban J connectivity index is 0.000000671. The van der Waals surface area contributed by atoms with Crippen LogP contribution in [0.1, 0.15) is 5.56 Å². The molecule has 0 fully saturated rings. The summed E-state index contributed by atoms with van der Waals surface area (Å²) in [6.07, 6.45) is -0.312. The number of carbonyl (C=O) groups is 1. The lowest BCUT2D eigenvalue weighted by Crippen LogP contribution is -2.21. The van der Waals surface area contributed by atoms with Crippen molar-refractivity contribution in [3.05, 3.63) is 34.9 Å². The summed E-state index contributed by atoms with van der Waals surface area (Å²) in [5.74, 6) is 0. The summed E-state index contributed by atoms with van der Waals surface area (Å²) >= 11 is 5.65. The average Bonchev–Trinajstić information content (AvgIpc) is 2.12. The maximum atomic E-state index is 8.82. The van der Waals surface area contributed by atoms with Crippen molar-refractivity contribution in [3.63, 3.8) is 0 Å². The number of hydrogen-bond donors (Lipinski definition) is 2. The van der Waals surface area contributed by atoms with Crippen LogP contribution in [0.25, 0.3) is 0 Å². The fraction of sp³-hybridized carbons (Fsp3) is 0.222. The molecule has 1 rings (SSSR count). The van der Waals surface area contributed by atoms with Gasteiger partial charge < -0.3 is 15.6 Å². The number of aliphatic hydroxyl groups excluding tert-OH is 1. The van der Waals surface area contributed by atoms with Gasteiger partial charge in [-0.05, 0) is 17.7 Å². The summed E-state index contributed by atoms with van der Waals surface area (Å²) in [6.45, 7) is 2.00. The van der Waals surface area contributed by atoms with Gasteiger partial charge in [0.25, 0.3) is 0 Å². The second-order valence-electron chi connectivity index (χ2n) is 2.40. The lowest BCUT2D eigenvalue weighted by atomic mass is 10.1. The third-order valence-electron chi connectivity index (χ3n) is 1.36. The number of halogens is 1. The van der Waals surface area contributed by atoms with E-state index in [0.717, 1.165) is 5.56 Å². The SMILES string of the molecule is C=O.NC(O)Cc1ccc(Cl)cc1. The van der Waals surface area contributed by atoms with E-state index in [1.165, 1.54) is 0 Å². The van der Waals surface area contributed by atoms with E-state index in [9.17, 15) is 0 Å². The van der Waals surface area contributed by atoms with Gasteiger partial charge in [0.1, 0.15) is 13.0 Å². The molecule has 0 saturated heterocycles. The van der Waals surface area contributed by atoms with Gasteiger partial charge in [0.15, 0.2) is 0 Å². The number of aliphatic hydroxyl groups is 1. The van der Waals surface area contributed by atoms with Gasteiger partial charge in [0.05, 0.1) is 0 Å². The molecule has 0 radical (unpaired) electrons. The third kappa shape index (κ3) is 5.36. The maximum Gasteiger partial charge on any atom is 0.106 e. The van der Waals surface area contributed by atoms with Crippen LogP contribution in [-0.2, 0) is 11.2 Å². The molecule has 0 aromatic heterocycles. The quantitative estimate of drug-likeness (QED) is 0.701. The van der Waals surface area contributed by atoms with Crippen molar-refractivity contribution >= 4 is 18.4 Å². The Hall–Kier alpha value is -0.900. The molecule has 1 aromatic carbocycles. The van der Waals surface area contributed by atoms with Crippen LogP contribution in [-0.4, -0.2) is 18.1 Å². The molecule has 0 spiro atoms. The highest BCUT2D eigenvalue weighted by Gasteiger charge is 1.97. The lowest BCUT2D eigenvalue weighted by Gasteiger charge is -2.03. The van der Waals surface area contributed by atoms with Gasteiger partial charge in [-0.25, -0.2) is 0 Å². The van der Waals surface area contributed by atoms with Crippen LogP contribution in [0.15, 0.2) is 24.3 Å². The predicted molar refractivity (Wildman–Crippen MR) is 52.5 cm³/mol. The van der Waals surface area contributed by atoms with Crippen LogP contribution in [0.5, 0.6) is 0 Å². The Kier molecular flexibility index (Phi) is 6.14. The fourth-order valence-electron chi connectivity index (χ4n) is 0.862. The zero-order valence-corrected chi connectivity index (χ0v) is 7.87. The molecule has 0 heterocycles. The van der Waals surface area contributed by atoms with E-state index in [1.54, 1.807) is 12.1 Å². The molecule has 3 nitrogen and oxygen atoms in total. The molecule has 1 atom stereocenters. The molecule has 0 bridgehead atoms. The summed E-state index contributed by atoms with van der Waals surface area (Å²) in [7, 11) is 0. The highest BCUT2D eigenvalue weighted by molar-refractivity contribution is 6.30. The second-order valence-corrected chi connectivity index (χ2v) is 2.83. The number of rotatable bonds is 2. The second kappa shape index (κ2) is 6.60. The molecule has 72 valence electrons. The van der Waals surface area contributed by atoms with Crippen LogP contribution < -0.4 is 5.73 Å². The van der Waals surface area contributed by atoms with E-state index < -0.39 is 6.23 Å². The van der Waals surface area contributed by atoms with Crippen molar-refractivity contribution in [2.45, 2.75) is 12.6 Å². The minimum atomic E-state index is -0.781. The Labute approximate surface area is 82.1 Å². The first-order valence-electron chi connectivity index (χ1n) is 3.65. The van der Waals surface area contributed by atoms with Crippen LogP contribution in [0, 0.1) is 0 Å². The van der Waals surface area contributed by atoms with Crippen molar-refractivity contribution in [2.75, 3.05) is 0 Å². The minimum absolute atomic E-state index is 0.469. The molecule has 13 heavy (non-hydrogen) atoms. The molecule has 1 unspecified atom stereocenters. The third-order valence-corrected chi connectivity index (χ3v) is 1.61. The highest BCUT2D eigenvalue weighted by atomic mass is 35.5. The van der Waals surface area contributed by atoms with Gasteiger partial charge in [-0.3, -0.25) is 0 Å². The highest BCUT2D eigenvalue weighted by Crippen LogP contribution is 2.09. The number of hydrogen-bond acceptors (Lipinski definition) is 3. The van der Waals surface area contributed by atoms with E-state index in [4.69, 9.17) is 27.2 Å². The van der Waals surface area contributed by atoms with Crippen LogP contribution in [0.3, 0.4) is 0 Å². The zero-order valence-electron chi connectivity index (χ0n) is 7.11. The molecule has 4 heteroatoms. The molecule has 0 aliphatic rings. The maximum absolute atomic E-state index is 8.82. The Morgan fingerprint density at radius 3 is 2.23 bits per heavy atom. The Morgan fingerprint density at radius 2 is 1.85 bits per heavy atom. The van der Waals surface area contributed by atoms with Gasteiger partial charge in [-0.15, -0.1) is 0 Å². The average molecular weight is 202 g/mol. The van der Waals surface area contributed by atoms with Crippen LogP contribution in [0.4, 0.5) is 0 Å². The zero-order chi connectivity index (χ0) is 10.3. The van der Waals surface area contributed by atoms with Crippen molar-refractivity contribution in [2.24, 2.45) is 5.73 Å². The topological polar surface area (TPSA) is 63.3 Å². The van der Waals surface area contributed by atoms with E-state index in [1.807, 2.05) is 18.9 Å². The van der Waals surface area contributed by atoms with E-state index >= 15 is 0 Å². The van der Waals surface area contributed by atoms with Crippen LogP contribution in [0.2, 0.25) is 5.02 Å². The molecule has 0 aliphatic heterocycles. The van der Waals surface area contributed by atoms with Gasteiger partial charge in [-0.1, -0.05) is 23.7 Å². The summed E-state index contributed by atoms with van der Waals surface area (Å²) in [5.41, 5.74) is 6.18.